The van der Waals surface area contributed by atoms with Crippen molar-refractivity contribution in [3.05, 3.63) is 70.8 Å². The van der Waals surface area contributed by atoms with Crippen LogP contribution in [0.3, 0.4) is 0 Å². The van der Waals surface area contributed by atoms with E-state index in [1.807, 2.05) is 44.2 Å². The van der Waals surface area contributed by atoms with E-state index in [0.717, 1.165) is 17.7 Å². The third kappa shape index (κ3) is 7.52. The first-order valence-electron chi connectivity index (χ1n) is 10.7. The van der Waals surface area contributed by atoms with Crippen molar-refractivity contribution in [3.8, 4) is 0 Å². The van der Waals surface area contributed by atoms with Gasteiger partial charge in [0, 0.05) is 18.8 Å². The third-order valence-electron chi connectivity index (χ3n) is 4.91. The molecule has 0 spiro atoms. The number of thioether (sulfide) groups is 1. The second kappa shape index (κ2) is 12.4. The van der Waals surface area contributed by atoms with Crippen LogP contribution in [-0.2, 0) is 21.9 Å². The minimum atomic E-state index is -0.453. The third-order valence-corrected chi connectivity index (χ3v) is 5.90. The summed E-state index contributed by atoms with van der Waals surface area (Å²) in [5.41, 5.74) is 4.74. The van der Waals surface area contributed by atoms with Gasteiger partial charge in [0.15, 0.2) is 0 Å². The van der Waals surface area contributed by atoms with E-state index in [1.165, 1.54) is 16.7 Å². The normalized spacial score (nSPS) is 11.7. The molecule has 0 aliphatic carbocycles. The Hall–Kier alpha value is -2.27. The number of carbonyl (C=O) groups is 2. The molecule has 0 aliphatic rings. The Bertz CT molecular complexity index is 803. The smallest absolute Gasteiger partial charge is 0.242 e. The molecule has 0 bridgehead atoms. The Labute approximate surface area is 185 Å². The molecular weight excluding hydrogens is 392 g/mol. The minimum Gasteiger partial charge on any atom is -0.354 e. The summed E-state index contributed by atoms with van der Waals surface area (Å²) in [5, 5.41) is 2.96. The summed E-state index contributed by atoms with van der Waals surface area (Å²) in [6, 6.07) is 15.9. The van der Waals surface area contributed by atoms with Gasteiger partial charge in [0.05, 0.1) is 5.75 Å². The van der Waals surface area contributed by atoms with Crippen LogP contribution in [-0.4, -0.2) is 35.1 Å². The number of benzene rings is 2. The molecule has 0 aliphatic heterocycles. The molecular formula is C25H34N2O2S. The molecule has 5 heteroatoms. The summed E-state index contributed by atoms with van der Waals surface area (Å²) >= 11 is 1.61. The number of carbonyl (C=O) groups excluding carboxylic acids is 2. The minimum absolute atomic E-state index is 0.00623. The second-order valence-electron chi connectivity index (χ2n) is 7.71. The highest BCUT2D eigenvalue weighted by atomic mass is 32.2. The predicted molar refractivity (Wildman–Crippen MR) is 126 cm³/mol. The molecule has 0 heterocycles. The lowest BCUT2D eigenvalue weighted by molar-refractivity contribution is -0.139. The first-order chi connectivity index (χ1) is 14.4. The average molecular weight is 427 g/mol. The molecule has 0 aromatic heterocycles. The molecule has 0 saturated heterocycles. The van der Waals surface area contributed by atoms with Gasteiger partial charge in [-0.3, -0.25) is 9.59 Å². The number of amides is 2. The van der Waals surface area contributed by atoms with Crippen molar-refractivity contribution < 1.29 is 9.59 Å². The van der Waals surface area contributed by atoms with Gasteiger partial charge < -0.3 is 10.2 Å². The van der Waals surface area contributed by atoms with Gasteiger partial charge in [-0.1, -0.05) is 73.5 Å². The van der Waals surface area contributed by atoms with Crippen LogP contribution in [0.1, 0.15) is 48.9 Å². The van der Waals surface area contributed by atoms with Crippen LogP contribution >= 0.6 is 11.8 Å². The van der Waals surface area contributed by atoms with Gasteiger partial charge in [-0.15, -0.1) is 11.8 Å². The highest BCUT2D eigenvalue weighted by Crippen LogP contribution is 2.19. The van der Waals surface area contributed by atoms with Gasteiger partial charge in [-0.2, -0.15) is 0 Å². The van der Waals surface area contributed by atoms with Gasteiger partial charge in [-0.05, 0) is 37.8 Å². The standard InChI is InChI=1S/C25H34N2O2S/c1-5-12-26-25(29)23(6-2)27(16-21-10-8-7-9-11-21)24(28)18-30-17-22-14-19(3)13-20(4)15-22/h7-11,13-15,23H,5-6,12,16-18H2,1-4H3,(H,26,29). The number of nitrogens with zero attached hydrogens (tertiary/aromatic N) is 1. The summed E-state index contributed by atoms with van der Waals surface area (Å²) in [7, 11) is 0. The maximum atomic E-state index is 13.2. The molecule has 0 radical (unpaired) electrons. The van der Waals surface area contributed by atoms with E-state index in [4.69, 9.17) is 0 Å². The number of hydrogen-bond acceptors (Lipinski definition) is 3. The van der Waals surface area contributed by atoms with Crippen LogP contribution in [0, 0.1) is 13.8 Å². The van der Waals surface area contributed by atoms with Gasteiger partial charge in [-0.25, -0.2) is 0 Å². The van der Waals surface area contributed by atoms with E-state index in [2.05, 4.69) is 37.4 Å². The quantitative estimate of drug-likeness (QED) is 0.558. The Morgan fingerprint density at radius 3 is 2.27 bits per heavy atom. The molecule has 1 unspecified atom stereocenters. The summed E-state index contributed by atoms with van der Waals surface area (Å²) in [5.74, 6) is 1.08. The Morgan fingerprint density at radius 1 is 1.00 bits per heavy atom. The maximum absolute atomic E-state index is 13.2. The van der Waals surface area contributed by atoms with Crippen LogP contribution in [0.15, 0.2) is 48.5 Å². The molecule has 162 valence electrons. The summed E-state index contributed by atoms with van der Waals surface area (Å²) in [4.78, 5) is 27.6. The molecule has 1 N–H and O–H groups in total. The monoisotopic (exact) mass is 426 g/mol. The largest absolute Gasteiger partial charge is 0.354 e. The van der Waals surface area contributed by atoms with Crippen LogP contribution in [0.2, 0.25) is 0 Å². The Balaban J connectivity index is 2.09. The Morgan fingerprint density at radius 2 is 1.67 bits per heavy atom. The van der Waals surface area contributed by atoms with E-state index in [9.17, 15) is 9.59 Å². The molecule has 0 saturated carbocycles. The molecule has 2 aromatic rings. The number of aryl methyl sites for hydroxylation is 2. The number of hydrogen-bond donors (Lipinski definition) is 1. The van der Waals surface area contributed by atoms with Gasteiger partial charge in [0.1, 0.15) is 6.04 Å². The number of rotatable bonds is 11. The number of nitrogens with one attached hydrogen (secondary N) is 1. The fraction of sp³-hybridized carbons (Fsp3) is 0.440. The lowest BCUT2D eigenvalue weighted by Gasteiger charge is -2.30. The van der Waals surface area contributed by atoms with E-state index in [1.54, 1.807) is 16.7 Å². The van der Waals surface area contributed by atoms with E-state index in [-0.39, 0.29) is 11.8 Å². The first-order valence-corrected chi connectivity index (χ1v) is 11.9. The lowest BCUT2D eigenvalue weighted by Crippen LogP contribution is -2.49. The van der Waals surface area contributed by atoms with E-state index < -0.39 is 6.04 Å². The zero-order valence-electron chi connectivity index (χ0n) is 18.6. The van der Waals surface area contributed by atoms with Crippen LogP contribution in [0.5, 0.6) is 0 Å². The Kier molecular flexibility index (Phi) is 9.95. The van der Waals surface area contributed by atoms with Crippen LogP contribution < -0.4 is 5.32 Å². The molecule has 2 aromatic carbocycles. The molecule has 4 nitrogen and oxygen atoms in total. The van der Waals surface area contributed by atoms with Crippen molar-refractivity contribution in [2.45, 2.75) is 58.9 Å². The second-order valence-corrected chi connectivity index (χ2v) is 8.70. The predicted octanol–water partition coefficient (Wildman–Crippen LogP) is 4.87. The van der Waals surface area contributed by atoms with Crippen LogP contribution in [0.4, 0.5) is 0 Å². The summed E-state index contributed by atoms with van der Waals surface area (Å²) < 4.78 is 0. The molecule has 30 heavy (non-hydrogen) atoms. The molecule has 0 fully saturated rings. The topological polar surface area (TPSA) is 49.4 Å². The highest BCUT2D eigenvalue weighted by molar-refractivity contribution is 7.99. The SMILES string of the molecule is CCCNC(=O)C(CC)N(Cc1ccccc1)C(=O)CSCc1cc(C)cc(C)c1. The fourth-order valence-corrected chi connectivity index (χ4v) is 4.40. The molecule has 2 amide bonds. The average Bonchev–Trinajstić information content (AvgIpc) is 2.72. The van der Waals surface area contributed by atoms with Gasteiger partial charge in [0.2, 0.25) is 11.8 Å². The van der Waals surface area contributed by atoms with E-state index >= 15 is 0 Å². The van der Waals surface area contributed by atoms with Crippen molar-refractivity contribution in [2.75, 3.05) is 12.3 Å². The molecule has 1 atom stereocenters. The van der Waals surface area contributed by atoms with Crippen LogP contribution in [0.25, 0.3) is 0 Å². The zero-order valence-corrected chi connectivity index (χ0v) is 19.4. The van der Waals surface area contributed by atoms with E-state index in [0.29, 0.717) is 25.3 Å². The summed E-state index contributed by atoms with van der Waals surface area (Å²) in [6.07, 6.45) is 1.47. The maximum Gasteiger partial charge on any atom is 0.242 e. The summed E-state index contributed by atoms with van der Waals surface area (Å²) in [6.45, 7) is 9.25. The zero-order chi connectivity index (χ0) is 21.9. The first kappa shape index (κ1) is 24.0. The van der Waals surface area contributed by atoms with Crippen molar-refractivity contribution >= 4 is 23.6 Å². The molecule has 2 rings (SSSR count). The van der Waals surface area contributed by atoms with Crippen molar-refractivity contribution in [1.82, 2.24) is 10.2 Å². The van der Waals surface area contributed by atoms with Crippen molar-refractivity contribution in [3.63, 3.8) is 0 Å². The fourth-order valence-electron chi connectivity index (χ4n) is 3.56. The van der Waals surface area contributed by atoms with Gasteiger partial charge in [0.25, 0.3) is 0 Å². The lowest BCUT2D eigenvalue weighted by atomic mass is 10.1. The highest BCUT2D eigenvalue weighted by Gasteiger charge is 2.28. The van der Waals surface area contributed by atoms with Crippen molar-refractivity contribution in [2.24, 2.45) is 0 Å². The van der Waals surface area contributed by atoms with Gasteiger partial charge >= 0.3 is 0 Å². The van der Waals surface area contributed by atoms with Crippen molar-refractivity contribution in [1.29, 1.82) is 0 Å².